The highest BCUT2D eigenvalue weighted by molar-refractivity contribution is 5.97. The van der Waals surface area contributed by atoms with Crippen LogP contribution in [0.4, 0.5) is 5.69 Å². The molecular weight excluding hydrogens is 348 g/mol. The molecule has 1 N–H and O–H groups in total. The number of benzene rings is 2. The van der Waals surface area contributed by atoms with Crippen molar-refractivity contribution in [2.24, 2.45) is 0 Å². The molecule has 0 radical (unpaired) electrons. The van der Waals surface area contributed by atoms with Gasteiger partial charge in [-0.1, -0.05) is 43.2 Å². The molecule has 1 heterocycles. The number of rotatable bonds is 8. The molecule has 4 nitrogen and oxygen atoms in total. The van der Waals surface area contributed by atoms with Gasteiger partial charge < -0.3 is 19.4 Å². The topological polar surface area (TPSA) is 35.4 Å². The first-order valence-corrected chi connectivity index (χ1v) is 10.4. The third-order valence-corrected chi connectivity index (χ3v) is 5.62. The van der Waals surface area contributed by atoms with E-state index in [0.717, 1.165) is 12.3 Å². The summed E-state index contributed by atoms with van der Waals surface area (Å²) in [6.45, 7) is 4.30. The quantitative estimate of drug-likeness (QED) is 0.510. The predicted octanol–water partition coefficient (Wildman–Crippen LogP) is 5.71. The van der Waals surface area contributed by atoms with Gasteiger partial charge in [0.15, 0.2) is 0 Å². The maximum Gasteiger partial charge on any atom is 0.122 e. The standard InChI is InChI=1S/C24H30N2O2/c1-3-26-23(18-9-5-4-6-10-18)16-19-15-21(28-14-13-27-2)17-22(24(19)26)25-20-11-7-8-12-20/h4-6,9-10,15-17,20,25H,3,7-8,11-14H2,1-2H3. The van der Waals surface area contributed by atoms with Crippen LogP contribution >= 0.6 is 0 Å². The van der Waals surface area contributed by atoms with Gasteiger partial charge in [-0.25, -0.2) is 0 Å². The number of hydrogen-bond acceptors (Lipinski definition) is 3. The normalized spacial score (nSPS) is 14.6. The van der Waals surface area contributed by atoms with Crippen molar-refractivity contribution in [3.63, 3.8) is 0 Å². The summed E-state index contributed by atoms with van der Waals surface area (Å²) in [6.07, 6.45) is 5.12. The molecule has 3 aromatic rings. The van der Waals surface area contributed by atoms with Crippen LogP contribution in [0.2, 0.25) is 0 Å². The Kier molecular flexibility index (Phi) is 5.87. The molecule has 0 unspecified atom stereocenters. The lowest BCUT2D eigenvalue weighted by Crippen LogP contribution is -2.15. The fourth-order valence-corrected chi connectivity index (χ4v) is 4.29. The Labute approximate surface area is 167 Å². The van der Waals surface area contributed by atoms with Crippen LogP contribution in [0.3, 0.4) is 0 Å². The maximum atomic E-state index is 5.97. The summed E-state index contributed by atoms with van der Waals surface area (Å²) in [5.74, 6) is 0.901. The Morgan fingerprint density at radius 2 is 1.82 bits per heavy atom. The van der Waals surface area contributed by atoms with E-state index in [-0.39, 0.29) is 0 Å². The van der Waals surface area contributed by atoms with Crippen LogP contribution in [0.25, 0.3) is 22.2 Å². The first-order chi connectivity index (χ1) is 13.8. The van der Waals surface area contributed by atoms with Crippen molar-refractivity contribution >= 4 is 16.6 Å². The number of aryl methyl sites for hydroxylation is 1. The molecule has 4 rings (SSSR count). The number of ether oxygens (including phenoxy) is 2. The van der Waals surface area contributed by atoms with Crippen LogP contribution < -0.4 is 10.1 Å². The average molecular weight is 379 g/mol. The molecule has 0 bridgehead atoms. The van der Waals surface area contributed by atoms with E-state index in [0.29, 0.717) is 19.3 Å². The van der Waals surface area contributed by atoms with Gasteiger partial charge in [-0.3, -0.25) is 0 Å². The van der Waals surface area contributed by atoms with Gasteiger partial charge >= 0.3 is 0 Å². The van der Waals surface area contributed by atoms with E-state index in [1.54, 1.807) is 7.11 Å². The van der Waals surface area contributed by atoms with Gasteiger partial charge in [0.05, 0.1) is 17.8 Å². The van der Waals surface area contributed by atoms with Crippen molar-refractivity contribution in [1.82, 2.24) is 4.57 Å². The Hall–Kier alpha value is -2.46. The van der Waals surface area contributed by atoms with Crippen molar-refractivity contribution < 1.29 is 9.47 Å². The summed E-state index contributed by atoms with van der Waals surface area (Å²) in [5.41, 5.74) is 4.95. The van der Waals surface area contributed by atoms with E-state index in [2.05, 4.69) is 65.3 Å². The lowest BCUT2D eigenvalue weighted by molar-refractivity contribution is 0.146. The Morgan fingerprint density at radius 3 is 2.54 bits per heavy atom. The molecule has 148 valence electrons. The number of nitrogens with zero attached hydrogens (tertiary/aromatic N) is 1. The molecule has 1 aromatic heterocycles. The maximum absolute atomic E-state index is 5.97. The monoisotopic (exact) mass is 378 g/mol. The second-order valence-corrected chi connectivity index (χ2v) is 7.52. The molecule has 1 aliphatic carbocycles. The van der Waals surface area contributed by atoms with E-state index in [9.17, 15) is 0 Å². The van der Waals surface area contributed by atoms with Crippen molar-refractivity contribution in [3.8, 4) is 17.0 Å². The molecule has 28 heavy (non-hydrogen) atoms. The zero-order valence-corrected chi connectivity index (χ0v) is 16.9. The van der Waals surface area contributed by atoms with Crippen LogP contribution in [0.1, 0.15) is 32.6 Å². The van der Waals surface area contributed by atoms with Gasteiger partial charge in [0.2, 0.25) is 0 Å². The second kappa shape index (κ2) is 8.70. The van der Waals surface area contributed by atoms with Gasteiger partial charge in [-0.05, 0) is 37.5 Å². The van der Waals surface area contributed by atoms with Gasteiger partial charge in [0.25, 0.3) is 0 Å². The SMILES string of the molecule is CCn1c(-c2ccccc2)cc2cc(OCCOC)cc(NC3CCCC3)c21. The molecule has 0 amide bonds. The Bertz CT molecular complexity index is 911. The summed E-state index contributed by atoms with van der Waals surface area (Å²) in [7, 11) is 1.70. The largest absolute Gasteiger partial charge is 0.491 e. The molecule has 2 aromatic carbocycles. The number of nitrogens with one attached hydrogen (secondary N) is 1. The minimum absolute atomic E-state index is 0.554. The minimum atomic E-state index is 0.554. The summed E-state index contributed by atoms with van der Waals surface area (Å²) in [4.78, 5) is 0. The van der Waals surface area contributed by atoms with E-state index >= 15 is 0 Å². The molecule has 0 spiro atoms. The summed E-state index contributed by atoms with van der Waals surface area (Å²) >= 11 is 0. The van der Waals surface area contributed by atoms with Crippen molar-refractivity contribution in [1.29, 1.82) is 0 Å². The fraction of sp³-hybridized carbons (Fsp3) is 0.417. The van der Waals surface area contributed by atoms with E-state index in [1.165, 1.54) is 53.5 Å². The predicted molar refractivity (Wildman–Crippen MR) is 116 cm³/mol. The summed E-state index contributed by atoms with van der Waals surface area (Å²) in [6, 6.07) is 17.8. The first-order valence-electron chi connectivity index (χ1n) is 10.4. The number of aromatic nitrogens is 1. The van der Waals surface area contributed by atoms with E-state index in [1.807, 2.05) is 0 Å². The summed E-state index contributed by atoms with van der Waals surface area (Å²) < 4.78 is 13.5. The van der Waals surface area contributed by atoms with Crippen LogP contribution in [-0.4, -0.2) is 30.9 Å². The Morgan fingerprint density at radius 1 is 1.04 bits per heavy atom. The number of hydrogen-bond donors (Lipinski definition) is 1. The third kappa shape index (κ3) is 3.88. The second-order valence-electron chi connectivity index (χ2n) is 7.52. The van der Waals surface area contributed by atoms with E-state index in [4.69, 9.17) is 9.47 Å². The van der Waals surface area contributed by atoms with E-state index < -0.39 is 0 Å². The molecule has 0 atom stereocenters. The van der Waals surface area contributed by atoms with Gasteiger partial charge in [-0.15, -0.1) is 0 Å². The molecule has 1 saturated carbocycles. The zero-order chi connectivity index (χ0) is 19.3. The number of methoxy groups -OCH3 is 1. The molecule has 1 fully saturated rings. The lowest BCUT2D eigenvalue weighted by Gasteiger charge is -2.18. The number of anilines is 1. The van der Waals surface area contributed by atoms with Crippen molar-refractivity contribution in [3.05, 3.63) is 48.5 Å². The number of fused-ring (bicyclic) bond motifs is 1. The van der Waals surface area contributed by atoms with Crippen molar-refractivity contribution in [2.75, 3.05) is 25.6 Å². The van der Waals surface area contributed by atoms with Crippen LogP contribution in [0, 0.1) is 0 Å². The van der Waals surface area contributed by atoms with Crippen LogP contribution in [-0.2, 0) is 11.3 Å². The third-order valence-electron chi connectivity index (χ3n) is 5.62. The van der Waals surface area contributed by atoms with Gasteiger partial charge in [0.1, 0.15) is 12.4 Å². The summed E-state index contributed by atoms with van der Waals surface area (Å²) in [5, 5.41) is 5.04. The van der Waals surface area contributed by atoms with Gasteiger partial charge in [-0.2, -0.15) is 0 Å². The average Bonchev–Trinajstić information content (AvgIpc) is 3.36. The highest BCUT2D eigenvalue weighted by atomic mass is 16.5. The molecule has 4 heteroatoms. The molecule has 1 aliphatic rings. The fourth-order valence-electron chi connectivity index (χ4n) is 4.29. The van der Waals surface area contributed by atoms with Crippen LogP contribution in [0.5, 0.6) is 5.75 Å². The highest BCUT2D eigenvalue weighted by Gasteiger charge is 2.19. The first kappa shape index (κ1) is 18.9. The minimum Gasteiger partial charge on any atom is -0.491 e. The van der Waals surface area contributed by atoms with Gasteiger partial charge in [0, 0.05) is 36.8 Å². The molecule has 0 saturated heterocycles. The lowest BCUT2D eigenvalue weighted by atomic mass is 10.1. The Balaban J connectivity index is 1.80. The molecular formula is C24H30N2O2. The smallest absolute Gasteiger partial charge is 0.122 e. The highest BCUT2D eigenvalue weighted by Crippen LogP contribution is 2.37. The molecule has 0 aliphatic heterocycles. The zero-order valence-electron chi connectivity index (χ0n) is 16.9. The van der Waals surface area contributed by atoms with Crippen molar-refractivity contribution in [2.45, 2.75) is 45.2 Å². The van der Waals surface area contributed by atoms with Crippen LogP contribution in [0.15, 0.2) is 48.5 Å².